The predicted octanol–water partition coefficient (Wildman–Crippen LogP) is 7.64. The molecule has 1 aliphatic rings. The summed E-state index contributed by atoms with van der Waals surface area (Å²) < 4.78 is 28.6. The average Bonchev–Trinajstić information content (AvgIpc) is 2.81. The standard InChI is InChI=1S/C31H41O4PSi2/c1-30(2,3)37(7,8)34-22-16-18-25-27(20-22)36(33,24-14-12-11-13-15-24)28-21-23(17-19-26(28)29(25)32)35-38(9,10)31(4,5)6/h11-21H,1-10H3. The first-order valence-electron chi connectivity index (χ1n) is 13.3. The fourth-order valence-corrected chi connectivity index (χ4v) is 9.24. The van der Waals surface area contributed by atoms with Crippen LogP contribution in [0.1, 0.15) is 57.5 Å². The van der Waals surface area contributed by atoms with E-state index in [1.807, 2.05) is 54.6 Å². The van der Waals surface area contributed by atoms with E-state index in [1.54, 1.807) is 12.1 Å². The summed E-state index contributed by atoms with van der Waals surface area (Å²) in [6, 6.07) is 20.5. The van der Waals surface area contributed by atoms with Crippen LogP contribution in [0.4, 0.5) is 0 Å². The summed E-state index contributed by atoms with van der Waals surface area (Å²) in [7, 11) is -7.70. The van der Waals surface area contributed by atoms with Gasteiger partial charge in [0.15, 0.2) is 12.9 Å². The zero-order chi connectivity index (χ0) is 28.3. The third-order valence-electron chi connectivity index (χ3n) is 8.58. The van der Waals surface area contributed by atoms with E-state index in [2.05, 4.69) is 67.7 Å². The van der Waals surface area contributed by atoms with Gasteiger partial charge >= 0.3 is 0 Å². The van der Waals surface area contributed by atoms with Crippen LogP contribution in [0.15, 0.2) is 66.7 Å². The number of carbonyl (C=O) groups excluding carboxylic acids is 1. The highest BCUT2D eigenvalue weighted by atomic mass is 31.2. The van der Waals surface area contributed by atoms with Crippen molar-refractivity contribution in [1.29, 1.82) is 0 Å². The van der Waals surface area contributed by atoms with Gasteiger partial charge in [0.25, 0.3) is 0 Å². The molecule has 0 amide bonds. The van der Waals surface area contributed by atoms with Gasteiger partial charge < -0.3 is 13.4 Å². The predicted molar refractivity (Wildman–Crippen MR) is 165 cm³/mol. The van der Waals surface area contributed by atoms with Crippen LogP contribution in [0.2, 0.25) is 36.3 Å². The number of rotatable bonds is 5. The average molecular weight is 565 g/mol. The molecular formula is C31H41O4PSi2. The maximum absolute atomic E-state index is 15.4. The van der Waals surface area contributed by atoms with Crippen LogP contribution in [0.5, 0.6) is 11.5 Å². The zero-order valence-electron chi connectivity index (χ0n) is 24.4. The van der Waals surface area contributed by atoms with Gasteiger partial charge in [0.1, 0.15) is 11.5 Å². The summed E-state index contributed by atoms with van der Waals surface area (Å²) in [5, 5.41) is 1.79. The summed E-state index contributed by atoms with van der Waals surface area (Å²) >= 11 is 0. The van der Waals surface area contributed by atoms with Crippen molar-refractivity contribution in [2.45, 2.75) is 77.8 Å². The molecule has 3 aromatic carbocycles. The normalized spacial score (nSPS) is 15.5. The molecule has 0 fully saturated rings. The van der Waals surface area contributed by atoms with Crippen molar-refractivity contribution in [2.75, 3.05) is 0 Å². The molecule has 0 bridgehead atoms. The number of carbonyl (C=O) groups is 1. The Balaban J connectivity index is 1.93. The third-order valence-corrected chi connectivity index (χ3v) is 20.4. The van der Waals surface area contributed by atoms with Crippen LogP contribution in [0.25, 0.3) is 0 Å². The van der Waals surface area contributed by atoms with Gasteiger partial charge in [-0.1, -0.05) is 71.9 Å². The Morgan fingerprint density at radius 2 is 1.03 bits per heavy atom. The van der Waals surface area contributed by atoms with E-state index < -0.39 is 23.8 Å². The Bertz CT molecular complexity index is 1340. The maximum atomic E-state index is 15.4. The quantitative estimate of drug-likeness (QED) is 0.185. The lowest BCUT2D eigenvalue weighted by atomic mass is 10.0. The lowest BCUT2D eigenvalue weighted by Gasteiger charge is -2.37. The Kier molecular flexibility index (Phi) is 7.04. The Morgan fingerprint density at radius 3 is 1.39 bits per heavy atom. The van der Waals surface area contributed by atoms with Crippen LogP contribution in [-0.4, -0.2) is 22.4 Å². The second-order valence-corrected chi connectivity index (χ2v) is 25.5. The van der Waals surface area contributed by atoms with E-state index in [0.29, 0.717) is 38.5 Å². The topological polar surface area (TPSA) is 52.6 Å². The van der Waals surface area contributed by atoms with E-state index in [-0.39, 0.29) is 15.9 Å². The second kappa shape index (κ2) is 9.36. The van der Waals surface area contributed by atoms with E-state index in [0.717, 1.165) is 0 Å². The molecule has 0 unspecified atom stereocenters. The molecule has 0 atom stereocenters. The zero-order valence-corrected chi connectivity index (χ0v) is 27.3. The van der Waals surface area contributed by atoms with Gasteiger partial charge in [-0.05, 0) is 72.7 Å². The van der Waals surface area contributed by atoms with Crippen LogP contribution in [0.3, 0.4) is 0 Å². The summed E-state index contributed by atoms with van der Waals surface area (Å²) in [4.78, 5) is 13.8. The molecule has 0 aliphatic carbocycles. The number of fused-ring (bicyclic) bond motifs is 2. The molecule has 0 spiro atoms. The molecule has 7 heteroatoms. The largest absolute Gasteiger partial charge is 0.543 e. The molecule has 1 heterocycles. The van der Waals surface area contributed by atoms with Crippen molar-refractivity contribution in [3.8, 4) is 11.5 Å². The molecule has 0 saturated heterocycles. The van der Waals surface area contributed by atoms with Gasteiger partial charge in [-0.25, -0.2) is 0 Å². The summed E-state index contributed by atoms with van der Waals surface area (Å²) in [5.41, 5.74) is 0.954. The first-order valence-corrected chi connectivity index (χ1v) is 20.8. The summed E-state index contributed by atoms with van der Waals surface area (Å²) in [6.07, 6.45) is 0. The molecular weight excluding hydrogens is 523 g/mol. The molecule has 3 aromatic rings. The van der Waals surface area contributed by atoms with Crippen molar-refractivity contribution < 1.29 is 18.2 Å². The molecule has 0 aromatic heterocycles. The van der Waals surface area contributed by atoms with Gasteiger partial charge in [-0.2, -0.15) is 0 Å². The van der Waals surface area contributed by atoms with Crippen LogP contribution in [0, 0.1) is 0 Å². The van der Waals surface area contributed by atoms with Gasteiger partial charge in [0.2, 0.25) is 16.6 Å². The number of benzene rings is 3. The number of ketones is 1. The van der Waals surface area contributed by atoms with Crippen LogP contribution >= 0.6 is 7.14 Å². The fraction of sp³-hybridized carbons (Fsp3) is 0.387. The minimum Gasteiger partial charge on any atom is -0.543 e. The van der Waals surface area contributed by atoms with Gasteiger partial charge in [-0.3, -0.25) is 4.79 Å². The van der Waals surface area contributed by atoms with E-state index in [9.17, 15) is 4.79 Å². The summed E-state index contributed by atoms with van der Waals surface area (Å²) in [5.74, 6) is 1.21. The Hall–Kier alpha value is -2.41. The van der Waals surface area contributed by atoms with E-state index in [4.69, 9.17) is 8.85 Å². The molecule has 1 aliphatic heterocycles. The Morgan fingerprint density at radius 1 is 0.632 bits per heavy atom. The SMILES string of the molecule is CC(C)(C)[Si](C)(C)Oc1ccc2c(c1)P(=O)(c1ccccc1)c1cc(O[Si](C)(C)C(C)(C)C)ccc1C2=O. The van der Waals surface area contributed by atoms with Crippen LogP contribution < -0.4 is 24.8 Å². The maximum Gasteiger partial charge on any atom is 0.250 e. The van der Waals surface area contributed by atoms with Crippen molar-refractivity contribution in [3.05, 3.63) is 77.9 Å². The molecule has 38 heavy (non-hydrogen) atoms. The van der Waals surface area contributed by atoms with E-state index >= 15 is 4.57 Å². The van der Waals surface area contributed by atoms with E-state index in [1.165, 1.54) is 0 Å². The van der Waals surface area contributed by atoms with Crippen molar-refractivity contribution >= 4 is 45.5 Å². The van der Waals surface area contributed by atoms with Crippen molar-refractivity contribution in [1.82, 2.24) is 0 Å². The molecule has 202 valence electrons. The monoisotopic (exact) mass is 564 g/mol. The van der Waals surface area contributed by atoms with Crippen molar-refractivity contribution in [3.63, 3.8) is 0 Å². The lowest BCUT2D eigenvalue weighted by Crippen LogP contribution is -2.44. The highest BCUT2D eigenvalue weighted by Gasteiger charge is 2.44. The highest BCUT2D eigenvalue weighted by Crippen LogP contribution is 2.49. The first-order chi connectivity index (χ1) is 17.4. The molecule has 4 rings (SSSR count). The number of hydrogen-bond donors (Lipinski definition) is 0. The Labute approximate surface area is 230 Å². The molecule has 4 nitrogen and oxygen atoms in total. The molecule has 0 N–H and O–H groups in total. The number of hydrogen-bond acceptors (Lipinski definition) is 4. The first kappa shape index (κ1) is 28.6. The second-order valence-electron chi connectivity index (χ2n) is 13.4. The summed E-state index contributed by atoms with van der Waals surface area (Å²) in [6.45, 7) is 21.9. The van der Waals surface area contributed by atoms with Crippen molar-refractivity contribution in [2.24, 2.45) is 0 Å². The van der Waals surface area contributed by atoms with Gasteiger partial charge in [0.05, 0.1) is 0 Å². The minimum atomic E-state index is -3.40. The molecule has 0 radical (unpaired) electrons. The smallest absolute Gasteiger partial charge is 0.250 e. The van der Waals surface area contributed by atoms with Gasteiger partial charge in [0, 0.05) is 27.0 Å². The highest BCUT2D eigenvalue weighted by molar-refractivity contribution is 7.85. The fourth-order valence-electron chi connectivity index (χ4n) is 4.14. The minimum absolute atomic E-state index is 0.00440. The van der Waals surface area contributed by atoms with Gasteiger partial charge in [-0.15, -0.1) is 0 Å². The third kappa shape index (κ3) is 4.87. The lowest BCUT2D eigenvalue weighted by molar-refractivity contribution is 0.104. The van der Waals surface area contributed by atoms with Crippen LogP contribution in [-0.2, 0) is 4.57 Å². The molecule has 0 saturated carbocycles.